The first-order chi connectivity index (χ1) is 14.0. The molecule has 0 amide bonds. The summed E-state index contributed by atoms with van der Waals surface area (Å²) in [6.07, 6.45) is 6.81. The second kappa shape index (κ2) is 7.38. The van der Waals surface area contributed by atoms with E-state index in [-0.39, 0.29) is 29.2 Å². The molecule has 4 atom stereocenters. The molecule has 4 rings (SSSR count). The summed E-state index contributed by atoms with van der Waals surface area (Å²) in [6, 6.07) is 5.56. The first-order valence-corrected chi connectivity index (χ1v) is 10.9. The fourth-order valence-electron chi connectivity index (χ4n) is 5.33. The van der Waals surface area contributed by atoms with Crippen LogP contribution in [0, 0.1) is 11.8 Å². The summed E-state index contributed by atoms with van der Waals surface area (Å²) in [4.78, 5) is 38.9. The van der Waals surface area contributed by atoms with Crippen LogP contribution < -0.4 is 0 Å². The van der Waals surface area contributed by atoms with E-state index < -0.39 is 17.1 Å². The van der Waals surface area contributed by atoms with Gasteiger partial charge in [-0.1, -0.05) is 42.1 Å². The third-order valence-electron chi connectivity index (χ3n) is 6.54. The number of fused-ring (bicyclic) bond motifs is 2. The number of hydrogen-bond acceptors (Lipinski definition) is 7. The van der Waals surface area contributed by atoms with E-state index in [1.807, 2.05) is 30.4 Å². The molecular weight excluding hydrogens is 392 g/mol. The van der Waals surface area contributed by atoms with E-state index in [1.54, 1.807) is 6.26 Å². The number of ether oxygens (including phenoxy) is 3. The van der Waals surface area contributed by atoms with E-state index in [2.05, 4.69) is 0 Å². The average molecular weight is 416 g/mol. The lowest BCUT2D eigenvalue weighted by molar-refractivity contribution is -0.192. The number of hydrogen-bond donors (Lipinski definition) is 0. The molecule has 1 saturated heterocycles. The van der Waals surface area contributed by atoms with E-state index in [9.17, 15) is 14.4 Å². The van der Waals surface area contributed by atoms with Gasteiger partial charge in [0, 0.05) is 30.9 Å². The van der Waals surface area contributed by atoms with Crippen molar-refractivity contribution in [1.29, 1.82) is 0 Å². The number of esters is 1. The maximum atomic E-state index is 13.8. The third kappa shape index (κ3) is 2.67. The number of Topliss-reactive ketones (excluding diaryl/α,β-unsaturated/α-hetero) is 1. The molecule has 1 heterocycles. The van der Waals surface area contributed by atoms with Crippen molar-refractivity contribution in [3.63, 3.8) is 0 Å². The Bertz CT molecular complexity index is 909. The van der Waals surface area contributed by atoms with Gasteiger partial charge in [0.1, 0.15) is 0 Å². The standard InChI is InChI=1S/C22H24O6S/c1-26-16(23)10-9-13-6-4-8-15-17(13)19(24)22(27-2)18-14(12-28-22)7-5-11-21(15,18)20(25)29-3/h4-8,14,18H,9-12H2,1-3H3/t14-,18+,21-,22+/m1/s1. The zero-order valence-corrected chi connectivity index (χ0v) is 17.5. The van der Waals surface area contributed by atoms with Gasteiger partial charge in [-0.05, 0) is 30.2 Å². The van der Waals surface area contributed by atoms with Crippen molar-refractivity contribution in [2.75, 3.05) is 27.1 Å². The van der Waals surface area contributed by atoms with Crippen molar-refractivity contribution >= 4 is 28.6 Å². The van der Waals surface area contributed by atoms with Crippen LogP contribution >= 0.6 is 11.8 Å². The van der Waals surface area contributed by atoms with Crippen LogP contribution in [0.15, 0.2) is 30.4 Å². The summed E-state index contributed by atoms with van der Waals surface area (Å²) >= 11 is 1.17. The van der Waals surface area contributed by atoms with Crippen LogP contribution in [0.25, 0.3) is 0 Å². The number of methoxy groups -OCH3 is 2. The second-order valence-electron chi connectivity index (χ2n) is 7.66. The predicted molar refractivity (Wildman–Crippen MR) is 108 cm³/mol. The first-order valence-electron chi connectivity index (χ1n) is 9.64. The number of carbonyl (C=O) groups is 3. The normalized spacial score (nSPS) is 31.9. The van der Waals surface area contributed by atoms with E-state index in [0.717, 1.165) is 5.56 Å². The Hall–Kier alpha value is -1.96. The Balaban J connectivity index is 1.96. The number of ketones is 1. The molecule has 154 valence electrons. The van der Waals surface area contributed by atoms with Crippen LogP contribution in [0.4, 0.5) is 0 Å². The Morgan fingerprint density at radius 2 is 2.10 bits per heavy atom. The Morgan fingerprint density at radius 1 is 1.31 bits per heavy atom. The van der Waals surface area contributed by atoms with Gasteiger partial charge in [0.05, 0.1) is 19.1 Å². The summed E-state index contributed by atoms with van der Waals surface area (Å²) in [6.45, 7) is 0.329. The molecule has 0 bridgehead atoms. The molecule has 0 unspecified atom stereocenters. The highest BCUT2D eigenvalue weighted by molar-refractivity contribution is 8.13. The topological polar surface area (TPSA) is 78.9 Å². The van der Waals surface area contributed by atoms with E-state index in [0.29, 0.717) is 30.6 Å². The highest BCUT2D eigenvalue weighted by atomic mass is 32.2. The predicted octanol–water partition coefficient (Wildman–Crippen LogP) is 2.68. The molecule has 7 heteroatoms. The van der Waals surface area contributed by atoms with Crippen LogP contribution in [0.5, 0.6) is 0 Å². The maximum Gasteiger partial charge on any atom is 0.305 e. The lowest BCUT2D eigenvalue weighted by atomic mass is 9.54. The summed E-state index contributed by atoms with van der Waals surface area (Å²) < 4.78 is 16.5. The largest absolute Gasteiger partial charge is 0.469 e. The average Bonchev–Trinajstić information content (AvgIpc) is 3.16. The number of rotatable bonds is 5. The minimum atomic E-state index is -1.49. The SMILES string of the molecule is COC(=O)CCc1cccc2c1C(=O)[C@@]1(OC)OC[C@H]3C=CC[C@]2(C(=O)SC)[C@H]31. The number of aryl methyl sites for hydroxylation is 1. The van der Waals surface area contributed by atoms with Crippen LogP contribution in [-0.2, 0) is 35.6 Å². The molecule has 1 fully saturated rings. The Kier molecular flexibility index (Phi) is 5.17. The minimum absolute atomic E-state index is 0.00245. The molecule has 6 nitrogen and oxygen atoms in total. The molecule has 3 aliphatic rings. The van der Waals surface area contributed by atoms with Gasteiger partial charge in [0.25, 0.3) is 0 Å². The molecule has 0 N–H and O–H groups in total. The molecule has 0 aromatic heterocycles. The lowest BCUT2D eigenvalue weighted by Crippen LogP contribution is -2.62. The molecule has 1 aromatic rings. The van der Waals surface area contributed by atoms with E-state index >= 15 is 0 Å². The van der Waals surface area contributed by atoms with Gasteiger partial charge in [0.2, 0.25) is 11.6 Å². The molecule has 0 saturated carbocycles. The fraction of sp³-hybridized carbons (Fsp3) is 0.500. The van der Waals surface area contributed by atoms with Crippen LogP contribution in [0.3, 0.4) is 0 Å². The zero-order valence-electron chi connectivity index (χ0n) is 16.7. The maximum absolute atomic E-state index is 13.8. The summed E-state index contributed by atoms with van der Waals surface area (Å²) in [5, 5.41) is 0.00245. The summed E-state index contributed by atoms with van der Waals surface area (Å²) in [5.41, 5.74) is 0.979. The molecule has 1 aliphatic heterocycles. The van der Waals surface area contributed by atoms with Crippen molar-refractivity contribution in [2.24, 2.45) is 11.8 Å². The van der Waals surface area contributed by atoms with Crippen molar-refractivity contribution in [1.82, 2.24) is 0 Å². The lowest BCUT2D eigenvalue weighted by Gasteiger charge is -2.51. The highest BCUT2D eigenvalue weighted by Crippen LogP contribution is 2.60. The minimum Gasteiger partial charge on any atom is -0.469 e. The Labute approximate surface area is 174 Å². The van der Waals surface area contributed by atoms with Crippen molar-refractivity contribution in [3.05, 3.63) is 47.0 Å². The monoisotopic (exact) mass is 416 g/mol. The molecule has 29 heavy (non-hydrogen) atoms. The third-order valence-corrected chi connectivity index (χ3v) is 7.27. The van der Waals surface area contributed by atoms with Gasteiger partial charge in [0.15, 0.2) is 5.12 Å². The van der Waals surface area contributed by atoms with Gasteiger partial charge < -0.3 is 14.2 Å². The molecule has 2 aliphatic carbocycles. The van der Waals surface area contributed by atoms with Crippen molar-refractivity contribution in [3.8, 4) is 0 Å². The molecule has 0 radical (unpaired) electrons. The van der Waals surface area contributed by atoms with Gasteiger partial charge in [-0.2, -0.15) is 0 Å². The van der Waals surface area contributed by atoms with E-state index in [4.69, 9.17) is 14.2 Å². The van der Waals surface area contributed by atoms with Crippen LogP contribution in [0.2, 0.25) is 0 Å². The molecular formula is C22H24O6S. The second-order valence-corrected chi connectivity index (χ2v) is 8.44. The number of thioether (sulfide) groups is 1. The van der Waals surface area contributed by atoms with Crippen molar-refractivity contribution < 1.29 is 28.6 Å². The van der Waals surface area contributed by atoms with Gasteiger partial charge in [-0.3, -0.25) is 14.4 Å². The smallest absolute Gasteiger partial charge is 0.305 e. The zero-order chi connectivity index (χ0) is 20.8. The fourth-order valence-corrected chi connectivity index (χ4v) is 6.01. The molecule has 0 spiro atoms. The highest BCUT2D eigenvalue weighted by Gasteiger charge is 2.70. The summed E-state index contributed by atoms with van der Waals surface area (Å²) in [5.74, 6) is -2.59. The summed E-state index contributed by atoms with van der Waals surface area (Å²) in [7, 11) is 2.81. The van der Waals surface area contributed by atoms with Crippen LogP contribution in [-0.4, -0.2) is 49.7 Å². The van der Waals surface area contributed by atoms with Crippen molar-refractivity contribution in [2.45, 2.75) is 30.5 Å². The van der Waals surface area contributed by atoms with Gasteiger partial charge in [-0.15, -0.1) is 0 Å². The van der Waals surface area contributed by atoms with Gasteiger partial charge in [-0.25, -0.2) is 0 Å². The van der Waals surface area contributed by atoms with Gasteiger partial charge >= 0.3 is 5.97 Å². The van der Waals surface area contributed by atoms with E-state index in [1.165, 1.54) is 26.0 Å². The number of carbonyl (C=O) groups excluding carboxylic acids is 3. The molecule has 1 aromatic carbocycles. The Morgan fingerprint density at radius 3 is 2.79 bits per heavy atom. The number of benzene rings is 1. The quantitative estimate of drug-likeness (QED) is 0.539. The first kappa shape index (κ1) is 20.3. The number of allylic oxidation sites excluding steroid dienone is 1. The van der Waals surface area contributed by atoms with Crippen LogP contribution in [0.1, 0.15) is 34.3 Å².